The number of amides is 1. The van der Waals surface area contributed by atoms with E-state index in [1.165, 1.54) is 12.1 Å². The van der Waals surface area contributed by atoms with E-state index in [0.29, 0.717) is 16.5 Å². The molecule has 0 saturated heterocycles. The van der Waals surface area contributed by atoms with E-state index in [1.54, 1.807) is 6.07 Å². The molecule has 1 rings (SSSR count). The Hall–Kier alpha value is -1.09. The first kappa shape index (κ1) is 14.0. The summed E-state index contributed by atoms with van der Waals surface area (Å²) in [5, 5.41) is 3.17. The van der Waals surface area contributed by atoms with Gasteiger partial charge in [0.05, 0.1) is 6.42 Å². The van der Waals surface area contributed by atoms with Crippen molar-refractivity contribution in [1.29, 1.82) is 0 Å². The first-order valence-corrected chi connectivity index (χ1v) is 6.01. The van der Waals surface area contributed by atoms with Gasteiger partial charge in [0, 0.05) is 11.1 Å². The van der Waals surface area contributed by atoms with E-state index in [-0.39, 0.29) is 18.4 Å². The highest BCUT2D eigenvalue weighted by Gasteiger charge is 2.13. The van der Waals surface area contributed by atoms with Gasteiger partial charge in [-0.25, -0.2) is 4.39 Å². The van der Waals surface area contributed by atoms with E-state index in [4.69, 9.17) is 11.6 Å². The molecule has 17 heavy (non-hydrogen) atoms. The monoisotopic (exact) mass is 257 g/mol. The minimum absolute atomic E-state index is 0.0417. The molecule has 1 atom stereocenters. The van der Waals surface area contributed by atoms with Gasteiger partial charge >= 0.3 is 0 Å². The summed E-state index contributed by atoms with van der Waals surface area (Å²) in [6.45, 7) is 5.97. The average molecular weight is 258 g/mol. The molecule has 0 saturated carbocycles. The van der Waals surface area contributed by atoms with E-state index >= 15 is 0 Å². The zero-order chi connectivity index (χ0) is 13.0. The molecule has 0 fully saturated rings. The molecule has 0 bridgehead atoms. The molecule has 0 aliphatic heterocycles. The highest BCUT2D eigenvalue weighted by atomic mass is 35.5. The van der Waals surface area contributed by atoms with Crippen LogP contribution < -0.4 is 5.32 Å². The normalized spacial score (nSPS) is 12.6. The fourth-order valence-corrected chi connectivity index (χ4v) is 1.47. The molecular weight excluding hydrogens is 241 g/mol. The lowest BCUT2D eigenvalue weighted by molar-refractivity contribution is -0.121. The Morgan fingerprint density at radius 2 is 2.06 bits per heavy atom. The lowest BCUT2D eigenvalue weighted by atomic mass is 10.1. The third-order valence-corrected chi connectivity index (χ3v) is 2.99. The Morgan fingerprint density at radius 1 is 1.41 bits per heavy atom. The summed E-state index contributed by atoms with van der Waals surface area (Å²) < 4.78 is 13.4. The molecular formula is C13H17ClFNO. The highest BCUT2D eigenvalue weighted by Crippen LogP contribution is 2.15. The highest BCUT2D eigenvalue weighted by molar-refractivity contribution is 6.30. The Kier molecular flexibility index (Phi) is 4.94. The fraction of sp³-hybridized carbons (Fsp3) is 0.462. The molecule has 0 aromatic heterocycles. The minimum Gasteiger partial charge on any atom is -0.353 e. The third kappa shape index (κ3) is 4.35. The predicted octanol–water partition coefficient (Wildman–Crippen LogP) is 3.18. The van der Waals surface area contributed by atoms with Crippen LogP contribution in [0.4, 0.5) is 4.39 Å². The molecule has 1 aromatic carbocycles. The predicted molar refractivity (Wildman–Crippen MR) is 67.6 cm³/mol. The molecule has 0 aliphatic rings. The van der Waals surface area contributed by atoms with Crippen LogP contribution in [0.5, 0.6) is 0 Å². The number of hydrogen-bond donors (Lipinski definition) is 1. The van der Waals surface area contributed by atoms with Crippen molar-refractivity contribution >= 4 is 17.5 Å². The zero-order valence-corrected chi connectivity index (χ0v) is 11.0. The summed E-state index contributed by atoms with van der Waals surface area (Å²) in [6, 6.07) is 4.42. The number of carbonyl (C=O) groups excluding carboxylic acids is 1. The quantitative estimate of drug-likeness (QED) is 0.882. The molecule has 1 amide bonds. The summed E-state index contributed by atoms with van der Waals surface area (Å²) in [7, 11) is 0. The Morgan fingerprint density at radius 3 is 2.59 bits per heavy atom. The van der Waals surface area contributed by atoms with Crippen LogP contribution in [-0.2, 0) is 11.2 Å². The molecule has 4 heteroatoms. The first-order chi connectivity index (χ1) is 7.90. The van der Waals surface area contributed by atoms with Crippen LogP contribution in [-0.4, -0.2) is 11.9 Å². The van der Waals surface area contributed by atoms with Crippen LogP contribution in [0.15, 0.2) is 18.2 Å². The average Bonchev–Trinajstić information content (AvgIpc) is 2.22. The van der Waals surface area contributed by atoms with Crippen LogP contribution in [0.3, 0.4) is 0 Å². The lowest BCUT2D eigenvalue weighted by Gasteiger charge is -2.17. The van der Waals surface area contributed by atoms with E-state index < -0.39 is 5.82 Å². The van der Waals surface area contributed by atoms with Crippen LogP contribution in [0.25, 0.3) is 0 Å². The smallest absolute Gasteiger partial charge is 0.224 e. The summed E-state index contributed by atoms with van der Waals surface area (Å²) in [4.78, 5) is 11.7. The molecule has 1 N–H and O–H groups in total. The van der Waals surface area contributed by atoms with Gasteiger partial charge in [0.2, 0.25) is 5.91 Å². The maximum atomic E-state index is 13.4. The number of benzene rings is 1. The van der Waals surface area contributed by atoms with Crippen molar-refractivity contribution in [3.05, 3.63) is 34.6 Å². The molecule has 0 aliphatic carbocycles. The maximum Gasteiger partial charge on any atom is 0.224 e. The molecule has 2 nitrogen and oxygen atoms in total. The van der Waals surface area contributed by atoms with Crippen LogP contribution in [0.2, 0.25) is 5.02 Å². The Bertz CT molecular complexity index is 406. The summed E-state index contributed by atoms with van der Waals surface area (Å²) >= 11 is 5.64. The SMILES string of the molecule is CC(C)[C@H](C)NC(=O)Cc1ccc(Cl)cc1F. The molecule has 1 aromatic rings. The molecule has 0 spiro atoms. The second-order valence-electron chi connectivity index (χ2n) is 4.51. The topological polar surface area (TPSA) is 29.1 Å². The zero-order valence-electron chi connectivity index (χ0n) is 10.3. The standard InChI is InChI=1S/C13H17ClFNO/c1-8(2)9(3)16-13(17)6-10-4-5-11(14)7-12(10)15/h4-5,7-9H,6H2,1-3H3,(H,16,17)/t9-/m0/s1. The van der Waals surface area contributed by atoms with Crippen molar-refractivity contribution in [3.63, 3.8) is 0 Å². The van der Waals surface area contributed by atoms with Gasteiger partial charge < -0.3 is 5.32 Å². The molecule has 0 heterocycles. The number of hydrogen-bond acceptors (Lipinski definition) is 1. The van der Waals surface area contributed by atoms with Crippen molar-refractivity contribution in [3.8, 4) is 0 Å². The van der Waals surface area contributed by atoms with Crippen molar-refractivity contribution in [2.75, 3.05) is 0 Å². The van der Waals surface area contributed by atoms with Crippen molar-refractivity contribution in [2.24, 2.45) is 5.92 Å². The minimum atomic E-state index is -0.440. The van der Waals surface area contributed by atoms with E-state index in [9.17, 15) is 9.18 Å². The van der Waals surface area contributed by atoms with Crippen LogP contribution in [0.1, 0.15) is 26.3 Å². The molecule has 94 valence electrons. The van der Waals surface area contributed by atoms with Crippen molar-refractivity contribution in [2.45, 2.75) is 33.2 Å². The van der Waals surface area contributed by atoms with Gasteiger partial charge in [0.1, 0.15) is 5.82 Å². The van der Waals surface area contributed by atoms with E-state index in [0.717, 1.165) is 0 Å². The number of halogens is 2. The second-order valence-corrected chi connectivity index (χ2v) is 4.95. The second kappa shape index (κ2) is 6.01. The van der Waals surface area contributed by atoms with Crippen LogP contribution >= 0.6 is 11.6 Å². The summed E-state index contributed by atoms with van der Waals surface area (Å²) in [5.41, 5.74) is 0.364. The number of rotatable bonds is 4. The van der Waals surface area contributed by atoms with Gasteiger partial charge in [-0.3, -0.25) is 4.79 Å². The lowest BCUT2D eigenvalue weighted by Crippen LogP contribution is -2.37. The number of carbonyl (C=O) groups is 1. The Balaban J connectivity index is 2.62. The summed E-state index contributed by atoms with van der Waals surface area (Å²) in [5.74, 6) is -0.258. The number of nitrogens with one attached hydrogen (secondary N) is 1. The van der Waals surface area contributed by atoms with E-state index in [1.807, 2.05) is 20.8 Å². The van der Waals surface area contributed by atoms with Gasteiger partial charge in [0.15, 0.2) is 0 Å². The Labute approximate surface area is 106 Å². The van der Waals surface area contributed by atoms with Gasteiger partial charge in [-0.15, -0.1) is 0 Å². The molecule has 0 radical (unpaired) electrons. The fourth-order valence-electron chi connectivity index (χ4n) is 1.31. The maximum absolute atomic E-state index is 13.4. The largest absolute Gasteiger partial charge is 0.353 e. The first-order valence-electron chi connectivity index (χ1n) is 5.63. The summed E-state index contributed by atoms with van der Waals surface area (Å²) in [6.07, 6.45) is 0.0417. The molecule has 0 unspecified atom stereocenters. The van der Waals surface area contributed by atoms with Gasteiger partial charge in [-0.05, 0) is 30.5 Å². The van der Waals surface area contributed by atoms with Gasteiger partial charge in [-0.1, -0.05) is 31.5 Å². The van der Waals surface area contributed by atoms with Crippen molar-refractivity contribution < 1.29 is 9.18 Å². The van der Waals surface area contributed by atoms with E-state index in [2.05, 4.69) is 5.32 Å². The van der Waals surface area contributed by atoms with Crippen molar-refractivity contribution in [1.82, 2.24) is 5.32 Å². The third-order valence-electron chi connectivity index (χ3n) is 2.75. The van der Waals surface area contributed by atoms with Crippen LogP contribution in [0, 0.1) is 11.7 Å². The van der Waals surface area contributed by atoms with Gasteiger partial charge in [-0.2, -0.15) is 0 Å². The van der Waals surface area contributed by atoms with Gasteiger partial charge in [0.25, 0.3) is 0 Å².